The van der Waals surface area contributed by atoms with Crippen molar-refractivity contribution in [1.29, 1.82) is 0 Å². The average Bonchev–Trinajstić information content (AvgIpc) is 3.14. The zero-order chi connectivity index (χ0) is 16.1. The number of rotatable bonds is 7. The first kappa shape index (κ1) is 16.1. The van der Waals surface area contributed by atoms with Crippen LogP contribution in [0.25, 0.3) is 5.69 Å². The van der Waals surface area contributed by atoms with Crippen molar-refractivity contribution in [2.75, 3.05) is 6.79 Å². The molecular weight excluding hydrogens is 475 g/mol. The van der Waals surface area contributed by atoms with Crippen molar-refractivity contribution in [1.82, 2.24) is 19.3 Å². The summed E-state index contributed by atoms with van der Waals surface area (Å²) >= 11 is 2.29. The zero-order valence-corrected chi connectivity index (χ0v) is 15.0. The Bertz CT molecular complexity index is 807. The minimum atomic E-state index is 0.228. The Kier molecular flexibility index (Phi) is 5.38. The fourth-order valence-corrected chi connectivity index (χ4v) is 2.93. The van der Waals surface area contributed by atoms with Crippen LogP contribution in [0.2, 0.25) is 0 Å². The number of nitrogens with zero attached hydrogens (tertiary/aromatic N) is 3. The number of nitrogens with one attached hydrogen (secondary N) is 1. The summed E-state index contributed by atoms with van der Waals surface area (Å²) in [5.41, 5.74) is 3.03. The number of benzene rings is 1. The van der Waals surface area contributed by atoms with Crippen LogP contribution in [0.4, 0.5) is 0 Å². The first-order chi connectivity index (χ1) is 11.2. The molecule has 0 aliphatic carbocycles. The van der Waals surface area contributed by atoms with Gasteiger partial charge in [-0.3, -0.25) is 0 Å². The standard InChI is InChI=1S/C16H18N4O2.Pt/c1-14-9-15(18-17-14)10-21-13-22-12-19-7-8-20(11-19)16-5-3-2-4-6-16;/h2-9H,10,12-13H2,1H3,(H,17,18);. The molecule has 3 aromatic rings. The molecule has 124 valence electrons. The van der Waals surface area contributed by atoms with Crippen LogP contribution in [0.3, 0.4) is 0 Å². The predicted octanol–water partition coefficient (Wildman–Crippen LogP) is 2.54. The second-order valence-electron chi connectivity index (χ2n) is 5.06. The number of ether oxygens (including phenoxy) is 2. The summed E-state index contributed by atoms with van der Waals surface area (Å²) in [6.07, 6.45) is 4.01. The first-order valence-electron chi connectivity index (χ1n) is 7.19. The fourth-order valence-electron chi connectivity index (χ4n) is 2.15. The third-order valence-corrected chi connectivity index (χ3v) is 4.44. The van der Waals surface area contributed by atoms with Gasteiger partial charge < -0.3 is 0 Å². The Balaban J connectivity index is 1.49. The van der Waals surface area contributed by atoms with E-state index in [4.69, 9.17) is 9.47 Å². The SMILES string of the molecule is Cc1cc(COCOCn2ccn(-c3ccccc3)[c]2=[Pt])n[nH]1. The summed E-state index contributed by atoms with van der Waals surface area (Å²) in [5, 5.41) is 6.99. The van der Waals surface area contributed by atoms with Gasteiger partial charge in [0.05, 0.1) is 0 Å². The molecule has 0 saturated carbocycles. The van der Waals surface area contributed by atoms with Crippen LogP contribution in [-0.2, 0) is 42.2 Å². The van der Waals surface area contributed by atoms with Crippen LogP contribution >= 0.6 is 0 Å². The van der Waals surface area contributed by atoms with E-state index in [1.54, 1.807) is 0 Å². The van der Waals surface area contributed by atoms with E-state index >= 15 is 0 Å². The van der Waals surface area contributed by atoms with E-state index < -0.39 is 0 Å². The van der Waals surface area contributed by atoms with Gasteiger partial charge in [0.25, 0.3) is 0 Å². The van der Waals surface area contributed by atoms with Gasteiger partial charge in [-0.1, -0.05) is 0 Å². The Morgan fingerprint density at radius 2 is 2.00 bits per heavy atom. The topological polar surface area (TPSA) is 57.0 Å². The number of aryl methyl sites for hydroxylation is 1. The van der Waals surface area contributed by atoms with E-state index in [0.717, 1.165) is 20.9 Å². The molecule has 2 aromatic heterocycles. The van der Waals surface area contributed by atoms with Crippen LogP contribution < -0.4 is 0 Å². The molecule has 0 fully saturated rings. The molecule has 0 amide bonds. The second kappa shape index (κ2) is 7.68. The molecule has 0 spiro atoms. The molecule has 3 rings (SSSR count). The monoisotopic (exact) mass is 493 g/mol. The van der Waals surface area contributed by atoms with Crippen molar-refractivity contribution in [2.24, 2.45) is 0 Å². The molecular formula is C16H18N4O2Pt. The van der Waals surface area contributed by atoms with Crippen molar-refractivity contribution in [3.05, 3.63) is 64.0 Å². The van der Waals surface area contributed by atoms with Gasteiger partial charge in [-0.15, -0.1) is 0 Å². The molecule has 23 heavy (non-hydrogen) atoms. The maximum atomic E-state index is 5.56. The number of imidazole rings is 1. The molecule has 0 unspecified atom stereocenters. The number of aromatic nitrogens is 4. The van der Waals surface area contributed by atoms with Gasteiger partial charge in [0.15, 0.2) is 0 Å². The van der Waals surface area contributed by atoms with Crippen molar-refractivity contribution in [2.45, 2.75) is 20.3 Å². The molecule has 2 heterocycles. The van der Waals surface area contributed by atoms with Gasteiger partial charge in [-0.05, 0) is 0 Å². The first-order valence-corrected chi connectivity index (χ1v) is 8.32. The molecule has 0 aliphatic heterocycles. The molecule has 0 bridgehead atoms. The summed E-state index contributed by atoms with van der Waals surface area (Å²) in [6, 6.07) is 12.2. The van der Waals surface area contributed by atoms with Crippen molar-refractivity contribution >= 4 is 0 Å². The Morgan fingerprint density at radius 3 is 2.74 bits per heavy atom. The van der Waals surface area contributed by atoms with E-state index in [2.05, 4.69) is 46.3 Å². The summed E-state index contributed by atoms with van der Waals surface area (Å²) in [6.45, 7) is 3.07. The van der Waals surface area contributed by atoms with E-state index in [1.165, 1.54) is 0 Å². The van der Waals surface area contributed by atoms with Crippen LogP contribution in [0.15, 0.2) is 48.8 Å². The average molecular weight is 493 g/mol. The number of H-pyrrole nitrogens is 1. The van der Waals surface area contributed by atoms with Gasteiger partial charge in [0, 0.05) is 0 Å². The van der Waals surface area contributed by atoms with Gasteiger partial charge in [0.2, 0.25) is 0 Å². The van der Waals surface area contributed by atoms with Crippen molar-refractivity contribution < 1.29 is 28.8 Å². The quantitative estimate of drug-likeness (QED) is 0.407. The van der Waals surface area contributed by atoms with Crippen LogP contribution in [0, 0.1) is 10.7 Å². The number of hydrogen-bond donors (Lipinski definition) is 1. The minimum absolute atomic E-state index is 0.228. The van der Waals surface area contributed by atoms with E-state index in [1.807, 2.05) is 48.1 Å². The number of aromatic amines is 1. The molecule has 0 atom stereocenters. The number of hydrogen-bond acceptors (Lipinski definition) is 3. The molecule has 0 saturated heterocycles. The summed E-state index contributed by atoms with van der Waals surface area (Å²) < 4.78 is 16.2. The molecule has 1 N–H and O–H groups in total. The zero-order valence-electron chi connectivity index (χ0n) is 12.7. The van der Waals surface area contributed by atoms with E-state index in [0.29, 0.717) is 13.3 Å². The summed E-state index contributed by atoms with van der Waals surface area (Å²) in [7, 11) is 0. The fraction of sp³-hybridized carbons (Fsp3) is 0.250. The third kappa shape index (κ3) is 4.16. The van der Waals surface area contributed by atoms with Gasteiger partial charge in [0.1, 0.15) is 0 Å². The normalized spacial score (nSPS) is 11.1. The van der Waals surface area contributed by atoms with Gasteiger partial charge >= 0.3 is 145 Å². The van der Waals surface area contributed by atoms with Crippen LogP contribution in [0.1, 0.15) is 11.4 Å². The van der Waals surface area contributed by atoms with Gasteiger partial charge in [-0.25, -0.2) is 0 Å². The summed E-state index contributed by atoms with van der Waals surface area (Å²) in [4.78, 5) is 0. The predicted molar refractivity (Wildman–Crippen MR) is 81.1 cm³/mol. The molecule has 7 heteroatoms. The van der Waals surface area contributed by atoms with Gasteiger partial charge in [-0.2, -0.15) is 0 Å². The summed E-state index contributed by atoms with van der Waals surface area (Å²) in [5.74, 6) is 0. The molecule has 6 nitrogen and oxygen atoms in total. The Morgan fingerprint density at radius 1 is 1.17 bits per heavy atom. The molecule has 0 aliphatic rings. The van der Waals surface area contributed by atoms with E-state index in [-0.39, 0.29) is 6.79 Å². The molecule has 0 radical (unpaired) electrons. The molecule has 1 aromatic carbocycles. The van der Waals surface area contributed by atoms with E-state index in [9.17, 15) is 0 Å². The van der Waals surface area contributed by atoms with Crippen molar-refractivity contribution in [3.63, 3.8) is 0 Å². The second-order valence-corrected chi connectivity index (χ2v) is 6.07. The van der Waals surface area contributed by atoms with Crippen LogP contribution in [0.5, 0.6) is 0 Å². The maximum absolute atomic E-state index is 5.56. The number of para-hydroxylation sites is 1. The Hall–Kier alpha value is -1.75. The van der Waals surface area contributed by atoms with Crippen LogP contribution in [-0.4, -0.2) is 26.1 Å². The third-order valence-electron chi connectivity index (χ3n) is 3.24. The Labute approximate surface area is 145 Å². The van der Waals surface area contributed by atoms with Crippen molar-refractivity contribution in [3.8, 4) is 5.69 Å².